The molecule has 4 nitrogen and oxygen atoms in total. The molecule has 25 heavy (non-hydrogen) atoms. The fraction of sp³-hybridized carbons (Fsp3) is 0.238. The highest BCUT2D eigenvalue weighted by molar-refractivity contribution is 5.99. The van der Waals surface area contributed by atoms with E-state index in [1.54, 1.807) is 11.0 Å². The molecule has 0 fully saturated rings. The molecule has 1 heterocycles. The highest BCUT2D eigenvalue weighted by atomic mass is 16.2. The van der Waals surface area contributed by atoms with Gasteiger partial charge in [0, 0.05) is 18.3 Å². The lowest BCUT2D eigenvalue weighted by atomic mass is 10.0. The summed E-state index contributed by atoms with van der Waals surface area (Å²) >= 11 is 0. The molecule has 0 aliphatic carbocycles. The van der Waals surface area contributed by atoms with Gasteiger partial charge in [-0.25, -0.2) is 0 Å². The lowest BCUT2D eigenvalue weighted by Gasteiger charge is -2.29. The first-order chi connectivity index (χ1) is 12.1. The summed E-state index contributed by atoms with van der Waals surface area (Å²) in [5.74, 6) is -0.344. The van der Waals surface area contributed by atoms with Gasteiger partial charge in [0.2, 0.25) is 11.8 Å². The first kappa shape index (κ1) is 17.0. The quantitative estimate of drug-likeness (QED) is 0.874. The number of nitrogens with zero attached hydrogens (tertiary/aromatic N) is 1. The molecule has 0 radical (unpaired) electrons. The minimum absolute atomic E-state index is 0.00536. The summed E-state index contributed by atoms with van der Waals surface area (Å²) in [6.45, 7) is 2.72. The Balaban J connectivity index is 1.56. The van der Waals surface area contributed by atoms with Crippen molar-refractivity contribution in [2.24, 2.45) is 0 Å². The van der Waals surface area contributed by atoms with Crippen molar-refractivity contribution in [1.82, 2.24) is 5.32 Å². The van der Waals surface area contributed by atoms with Gasteiger partial charge in [0.25, 0.3) is 0 Å². The van der Waals surface area contributed by atoms with Crippen LogP contribution in [0, 0.1) is 6.92 Å². The fourth-order valence-electron chi connectivity index (χ4n) is 2.96. The van der Waals surface area contributed by atoms with Crippen molar-refractivity contribution in [2.45, 2.75) is 19.8 Å². The molecule has 0 aromatic heterocycles. The van der Waals surface area contributed by atoms with Gasteiger partial charge >= 0.3 is 0 Å². The van der Waals surface area contributed by atoms with E-state index in [1.165, 1.54) is 17.2 Å². The van der Waals surface area contributed by atoms with Crippen LogP contribution in [-0.4, -0.2) is 24.9 Å². The molecule has 2 aromatic carbocycles. The third-order valence-electron chi connectivity index (χ3n) is 4.33. The average molecular weight is 334 g/mol. The van der Waals surface area contributed by atoms with Crippen molar-refractivity contribution in [3.63, 3.8) is 0 Å². The molecule has 0 atom stereocenters. The van der Waals surface area contributed by atoms with E-state index in [9.17, 15) is 9.59 Å². The Morgan fingerprint density at radius 1 is 1.12 bits per heavy atom. The van der Waals surface area contributed by atoms with Crippen molar-refractivity contribution in [2.75, 3.05) is 18.0 Å². The number of aryl methyl sites for hydroxylation is 2. The highest BCUT2D eigenvalue weighted by Crippen LogP contribution is 2.26. The number of fused-ring (bicyclic) bond motifs is 1. The molecule has 128 valence electrons. The Bertz CT molecular complexity index is 794. The van der Waals surface area contributed by atoms with E-state index < -0.39 is 0 Å². The van der Waals surface area contributed by atoms with Crippen LogP contribution in [0.3, 0.4) is 0 Å². The molecule has 0 unspecified atom stereocenters. The zero-order valence-corrected chi connectivity index (χ0v) is 14.4. The van der Waals surface area contributed by atoms with Crippen LogP contribution < -0.4 is 10.2 Å². The second kappa shape index (κ2) is 7.79. The van der Waals surface area contributed by atoms with Crippen LogP contribution in [0.2, 0.25) is 0 Å². The monoisotopic (exact) mass is 334 g/mol. The van der Waals surface area contributed by atoms with Crippen LogP contribution in [0.1, 0.15) is 23.1 Å². The summed E-state index contributed by atoms with van der Waals surface area (Å²) in [5, 5.41) is 2.68. The van der Waals surface area contributed by atoms with Gasteiger partial charge in [-0.05, 0) is 43.0 Å². The van der Waals surface area contributed by atoms with E-state index in [1.807, 2.05) is 49.4 Å². The van der Waals surface area contributed by atoms with E-state index in [0.717, 1.165) is 24.1 Å². The van der Waals surface area contributed by atoms with Gasteiger partial charge in [-0.2, -0.15) is 0 Å². The predicted molar refractivity (Wildman–Crippen MR) is 100 cm³/mol. The SMILES string of the molecule is Cc1ccc(/C=C/C(=O)NCC(=O)N2CCCc3ccccc32)cc1. The molecule has 3 rings (SSSR count). The molecule has 0 spiro atoms. The van der Waals surface area contributed by atoms with Crippen LogP contribution in [-0.2, 0) is 16.0 Å². The topological polar surface area (TPSA) is 49.4 Å². The number of anilines is 1. The van der Waals surface area contributed by atoms with Crippen LogP contribution in [0.15, 0.2) is 54.6 Å². The smallest absolute Gasteiger partial charge is 0.246 e. The summed E-state index contributed by atoms with van der Waals surface area (Å²) in [7, 11) is 0. The Labute approximate surface area is 148 Å². The van der Waals surface area contributed by atoms with Gasteiger partial charge in [-0.15, -0.1) is 0 Å². The first-order valence-electron chi connectivity index (χ1n) is 8.54. The average Bonchev–Trinajstić information content (AvgIpc) is 2.65. The van der Waals surface area contributed by atoms with Gasteiger partial charge in [0.05, 0.1) is 6.54 Å². The summed E-state index contributed by atoms with van der Waals surface area (Å²) in [4.78, 5) is 26.2. The molecule has 1 aliphatic heterocycles. The second-order valence-electron chi connectivity index (χ2n) is 6.24. The molecule has 1 N–H and O–H groups in total. The standard InChI is InChI=1S/C21H22N2O2/c1-16-8-10-17(11-9-16)12-13-20(24)22-15-21(25)23-14-4-6-18-5-2-3-7-19(18)23/h2-3,5,7-13H,4,6,14-15H2,1H3,(H,22,24)/b13-12+. The summed E-state index contributed by atoms with van der Waals surface area (Å²) in [6.07, 6.45) is 5.15. The molecule has 2 aromatic rings. The molecule has 4 heteroatoms. The predicted octanol–water partition coefficient (Wildman–Crippen LogP) is 3.10. The summed E-state index contributed by atoms with van der Waals surface area (Å²) in [6, 6.07) is 15.8. The number of carbonyl (C=O) groups is 2. The maximum atomic E-state index is 12.5. The van der Waals surface area contributed by atoms with Crippen molar-refractivity contribution in [1.29, 1.82) is 0 Å². The normalized spacial score (nSPS) is 13.6. The maximum Gasteiger partial charge on any atom is 0.246 e. The Morgan fingerprint density at radius 2 is 1.88 bits per heavy atom. The van der Waals surface area contributed by atoms with E-state index in [0.29, 0.717) is 6.54 Å². The van der Waals surface area contributed by atoms with Crippen LogP contribution in [0.25, 0.3) is 6.08 Å². The zero-order valence-electron chi connectivity index (χ0n) is 14.4. The van der Waals surface area contributed by atoms with Gasteiger partial charge in [-0.1, -0.05) is 48.0 Å². The molecular formula is C21H22N2O2. The second-order valence-corrected chi connectivity index (χ2v) is 6.24. The van der Waals surface area contributed by atoms with Crippen molar-refractivity contribution in [3.05, 3.63) is 71.3 Å². The molecule has 1 aliphatic rings. The van der Waals surface area contributed by atoms with E-state index in [2.05, 4.69) is 11.4 Å². The summed E-state index contributed by atoms with van der Waals surface area (Å²) in [5.41, 5.74) is 4.28. The molecule has 2 amide bonds. The number of benzene rings is 2. The van der Waals surface area contributed by atoms with E-state index in [-0.39, 0.29) is 18.4 Å². The number of amides is 2. The Morgan fingerprint density at radius 3 is 2.68 bits per heavy atom. The first-order valence-corrected chi connectivity index (χ1v) is 8.54. The largest absolute Gasteiger partial charge is 0.343 e. The van der Waals surface area contributed by atoms with Gasteiger partial charge in [0.15, 0.2) is 0 Å². The molecular weight excluding hydrogens is 312 g/mol. The van der Waals surface area contributed by atoms with Crippen molar-refractivity contribution >= 4 is 23.6 Å². The number of hydrogen-bond acceptors (Lipinski definition) is 2. The van der Waals surface area contributed by atoms with Gasteiger partial charge < -0.3 is 10.2 Å². The third-order valence-corrected chi connectivity index (χ3v) is 4.33. The highest BCUT2D eigenvalue weighted by Gasteiger charge is 2.21. The number of hydrogen-bond donors (Lipinski definition) is 1. The number of nitrogens with one attached hydrogen (secondary N) is 1. The fourth-order valence-corrected chi connectivity index (χ4v) is 2.96. The lowest BCUT2D eigenvalue weighted by Crippen LogP contribution is -2.42. The minimum atomic E-state index is -0.265. The van der Waals surface area contributed by atoms with Crippen molar-refractivity contribution < 1.29 is 9.59 Å². The number of carbonyl (C=O) groups excluding carboxylic acids is 2. The Hall–Kier alpha value is -2.88. The number of para-hydroxylation sites is 1. The molecule has 0 bridgehead atoms. The summed E-state index contributed by atoms with van der Waals surface area (Å²) < 4.78 is 0. The van der Waals surface area contributed by atoms with Gasteiger partial charge in [-0.3, -0.25) is 9.59 Å². The van der Waals surface area contributed by atoms with Crippen molar-refractivity contribution in [3.8, 4) is 0 Å². The Kier molecular flexibility index (Phi) is 5.29. The van der Waals surface area contributed by atoms with Crippen LogP contribution >= 0.6 is 0 Å². The zero-order chi connectivity index (χ0) is 17.6. The minimum Gasteiger partial charge on any atom is -0.343 e. The number of rotatable bonds is 4. The van der Waals surface area contributed by atoms with E-state index in [4.69, 9.17) is 0 Å². The van der Waals surface area contributed by atoms with Gasteiger partial charge in [0.1, 0.15) is 0 Å². The lowest BCUT2D eigenvalue weighted by molar-refractivity contribution is -0.122. The molecule has 0 saturated heterocycles. The van der Waals surface area contributed by atoms with E-state index >= 15 is 0 Å². The maximum absolute atomic E-state index is 12.5. The van der Waals surface area contributed by atoms with Crippen LogP contribution in [0.4, 0.5) is 5.69 Å². The third kappa shape index (κ3) is 4.35. The molecule has 0 saturated carbocycles. The van der Waals surface area contributed by atoms with Crippen LogP contribution in [0.5, 0.6) is 0 Å².